The number of hydrogen-bond acceptors (Lipinski definition) is 7. The van der Waals surface area contributed by atoms with Gasteiger partial charge in [-0.25, -0.2) is 0 Å². The van der Waals surface area contributed by atoms with Crippen molar-refractivity contribution in [2.75, 3.05) is 25.6 Å². The molecule has 10 heteroatoms. The summed E-state index contributed by atoms with van der Waals surface area (Å²) in [6, 6.07) is 18.4. The van der Waals surface area contributed by atoms with Gasteiger partial charge in [0.2, 0.25) is 5.91 Å². The van der Waals surface area contributed by atoms with Gasteiger partial charge in [0.1, 0.15) is 18.9 Å². The van der Waals surface area contributed by atoms with Gasteiger partial charge in [0.05, 0.1) is 18.6 Å². The number of rotatable bonds is 10. The predicted octanol–water partition coefficient (Wildman–Crippen LogP) is 6.42. The number of imide groups is 1. The van der Waals surface area contributed by atoms with Crippen molar-refractivity contribution in [1.82, 2.24) is 4.90 Å². The molecule has 0 saturated carbocycles. The van der Waals surface area contributed by atoms with Gasteiger partial charge >= 0.3 is 0 Å². The summed E-state index contributed by atoms with van der Waals surface area (Å²) < 4.78 is 17.5. The number of anilines is 1. The molecule has 0 unspecified atom stereocenters. The second-order valence-electron chi connectivity index (χ2n) is 8.57. The van der Waals surface area contributed by atoms with E-state index in [9.17, 15) is 14.4 Å². The van der Waals surface area contributed by atoms with E-state index in [1.165, 1.54) is 12.7 Å². The molecule has 1 N–H and O–H groups in total. The van der Waals surface area contributed by atoms with Crippen LogP contribution in [0.5, 0.6) is 17.2 Å². The van der Waals surface area contributed by atoms with E-state index in [-0.39, 0.29) is 4.91 Å². The molecule has 4 rings (SSSR count). The molecule has 0 aliphatic carbocycles. The van der Waals surface area contributed by atoms with Gasteiger partial charge in [-0.1, -0.05) is 45.8 Å². The van der Waals surface area contributed by atoms with E-state index in [1.807, 2.05) is 38.1 Å². The van der Waals surface area contributed by atoms with Crippen LogP contribution in [0.4, 0.5) is 10.5 Å². The third-order valence-corrected chi connectivity index (χ3v) is 7.30. The predicted molar refractivity (Wildman–Crippen MR) is 155 cm³/mol. The highest BCUT2D eigenvalue weighted by Gasteiger charge is 2.36. The highest BCUT2D eigenvalue weighted by atomic mass is 79.9. The Bertz CT molecular complexity index is 1410. The zero-order chi connectivity index (χ0) is 27.9. The summed E-state index contributed by atoms with van der Waals surface area (Å²) in [7, 11) is 1.53. The highest BCUT2D eigenvalue weighted by molar-refractivity contribution is 9.10. The van der Waals surface area contributed by atoms with Crippen LogP contribution in [0.3, 0.4) is 0 Å². The van der Waals surface area contributed by atoms with Crippen LogP contribution in [0.2, 0.25) is 0 Å². The highest BCUT2D eigenvalue weighted by Crippen LogP contribution is 2.38. The third kappa shape index (κ3) is 7.21. The molecule has 3 amide bonds. The maximum atomic E-state index is 13.0. The molecule has 1 heterocycles. The van der Waals surface area contributed by atoms with E-state index >= 15 is 0 Å². The van der Waals surface area contributed by atoms with Gasteiger partial charge < -0.3 is 19.5 Å². The molecule has 0 aromatic heterocycles. The molecule has 0 spiro atoms. The summed E-state index contributed by atoms with van der Waals surface area (Å²) in [5.41, 5.74) is 3.34. The number of amides is 3. The van der Waals surface area contributed by atoms with Crippen LogP contribution < -0.4 is 19.5 Å². The van der Waals surface area contributed by atoms with Crippen LogP contribution in [0.15, 0.2) is 70.0 Å². The molecule has 3 aromatic carbocycles. The molecule has 0 atom stereocenters. The van der Waals surface area contributed by atoms with Crippen LogP contribution in [0.25, 0.3) is 6.08 Å². The first-order valence-electron chi connectivity index (χ1n) is 12.1. The lowest BCUT2D eigenvalue weighted by Crippen LogP contribution is -2.36. The summed E-state index contributed by atoms with van der Waals surface area (Å²) >= 11 is 4.30. The summed E-state index contributed by atoms with van der Waals surface area (Å²) in [6.45, 7) is 4.41. The quantitative estimate of drug-likeness (QED) is 0.265. The first-order chi connectivity index (χ1) is 18.8. The number of carbonyl (C=O) groups is 3. The summed E-state index contributed by atoms with van der Waals surface area (Å²) in [6.07, 6.45) is 1.59. The minimum atomic E-state index is -0.544. The second-order valence-corrected chi connectivity index (χ2v) is 10.4. The molecule has 39 heavy (non-hydrogen) atoms. The minimum absolute atomic E-state index is 0.199. The van der Waals surface area contributed by atoms with Crippen LogP contribution in [-0.4, -0.2) is 42.2 Å². The topological polar surface area (TPSA) is 94.2 Å². The Hall–Kier alpha value is -3.76. The van der Waals surface area contributed by atoms with Gasteiger partial charge in [0, 0.05) is 10.2 Å². The lowest BCUT2D eigenvalue weighted by molar-refractivity contribution is -0.127. The molecule has 0 radical (unpaired) electrons. The Labute approximate surface area is 239 Å². The molecular formula is C29H27BrN2O6S. The van der Waals surface area contributed by atoms with E-state index in [1.54, 1.807) is 42.5 Å². The van der Waals surface area contributed by atoms with Gasteiger partial charge in [-0.3, -0.25) is 19.3 Å². The maximum Gasteiger partial charge on any atom is 0.294 e. The van der Waals surface area contributed by atoms with Gasteiger partial charge in [-0.05, 0) is 79.2 Å². The summed E-state index contributed by atoms with van der Waals surface area (Å²) in [4.78, 5) is 39.2. The van der Waals surface area contributed by atoms with Crippen LogP contribution in [0, 0.1) is 6.92 Å². The lowest BCUT2D eigenvalue weighted by Gasteiger charge is -2.14. The number of thioether (sulfide) groups is 1. The number of nitrogens with zero attached hydrogens (tertiary/aromatic N) is 1. The SMILES string of the molecule is CCOc1ccc(NC(=O)CN2C(=O)S/C(=C/c3cc(OC)c(OCc4ccc(C)cc4)cc3Br)C2=O)cc1. The molecular weight excluding hydrogens is 584 g/mol. The third-order valence-electron chi connectivity index (χ3n) is 5.71. The monoisotopic (exact) mass is 610 g/mol. The maximum absolute atomic E-state index is 13.0. The van der Waals surface area contributed by atoms with Crippen molar-refractivity contribution >= 4 is 56.5 Å². The number of aryl methyl sites for hydroxylation is 1. The van der Waals surface area contributed by atoms with E-state index in [0.29, 0.717) is 46.2 Å². The molecule has 1 saturated heterocycles. The van der Waals surface area contributed by atoms with Gasteiger partial charge in [-0.2, -0.15) is 0 Å². The number of nitrogens with one attached hydrogen (secondary N) is 1. The van der Waals surface area contributed by atoms with E-state index in [4.69, 9.17) is 14.2 Å². The fourth-order valence-corrected chi connectivity index (χ4v) is 4.97. The standard InChI is InChI=1S/C29H27BrN2O6S/c1-4-37-22-11-9-21(10-12-22)31-27(33)16-32-28(34)26(39-29(32)35)14-20-13-24(36-3)25(15-23(20)30)38-17-19-7-5-18(2)6-8-19/h5-15H,4,16-17H2,1-3H3,(H,31,33)/b26-14+. The first-order valence-corrected chi connectivity index (χ1v) is 13.7. The van der Waals surface area contributed by atoms with Gasteiger partial charge in [0.25, 0.3) is 11.1 Å². The molecule has 1 fully saturated rings. The van der Waals surface area contributed by atoms with E-state index < -0.39 is 23.6 Å². The number of carbonyl (C=O) groups excluding carboxylic acids is 3. The van der Waals surface area contributed by atoms with Crippen molar-refractivity contribution in [3.05, 3.63) is 86.7 Å². The fourth-order valence-electron chi connectivity index (χ4n) is 3.70. The Morgan fingerprint density at radius 3 is 2.41 bits per heavy atom. The molecule has 8 nitrogen and oxygen atoms in total. The van der Waals surface area contributed by atoms with Crippen molar-refractivity contribution in [2.24, 2.45) is 0 Å². The Balaban J connectivity index is 1.43. The number of benzene rings is 3. The van der Waals surface area contributed by atoms with Crippen molar-refractivity contribution < 1.29 is 28.6 Å². The summed E-state index contributed by atoms with van der Waals surface area (Å²) in [5.74, 6) is 0.657. The van der Waals surface area contributed by atoms with Crippen LogP contribution in [-0.2, 0) is 16.2 Å². The number of halogens is 1. The largest absolute Gasteiger partial charge is 0.494 e. The van der Waals surface area contributed by atoms with E-state index in [0.717, 1.165) is 22.2 Å². The Kier molecular flexibility index (Phi) is 9.32. The zero-order valence-corrected chi connectivity index (χ0v) is 24.1. The molecule has 202 valence electrons. The minimum Gasteiger partial charge on any atom is -0.494 e. The van der Waals surface area contributed by atoms with Crippen molar-refractivity contribution in [3.8, 4) is 17.2 Å². The van der Waals surface area contributed by atoms with Crippen LogP contribution >= 0.6 is 27.7 Å². The molecule has 1 aliphatic heterocycles. The van der Waals surface area contributed by atoms with Crippen molar-refractivity contribution in [2.45, 2.75) is 20.5 Å². The average molecular weight is 612 g/mol. The van der Waals surface area contributed by atoms with Crippen molar-refractivity contribution in [1.29, 1.82) is 0 Å². The van der Waals surface area contributed by atoms with Crippen molar-refractivity contribution in [3.63, 3.8) is 0 Å². The van der Waals surface area contributed by atoms with Gasteiger partial charge in [0.15, 0.2) is 11.5 Å². The van der Waals surface area contributed by atoms with Gasteiger partial charge in [-0.15, -0.1) is 0 Å². The molecule has 0 bridgehead atoms. The Morgan fingerprint density at radius 1 is 1.03 bits per heavy atom. The van der Waals surface area contributed by atoms with Crippen LogP contribution in [0.1, 0.15) is 23.6 Å². The zero-order valence-electron chi connectivity index (χ0n) is 21.7. The fraction of sp³-hybridized carbons (Fsp3) is 0.207. The molecule has 3 aromatic rings. The summed E-state index contributed by atoms with van der Waals surface area (Å²) in [5, 5.41) is 2.17. The number of ether oxygens (including phenoxy) is 3. The first kappa shape index (κ1) is 28.3. The number of hydrogen-bond donors (Lipinski definition) is 1. The Morgan fingerprint density at radius 2 is 1.74 bits per heavy atom. The lowest BCUT2D eigenvalue weighted by atomic mass is 10.1. The second kappa shape index (κ2) is 12.9. The average Bonchev–Trinajstić information content (AvgIpc) is 3.18. The smallest absolute Gasteiger partial charge is 0.294 e. The molecule has 1 aliphatic rings. The van der Waals surface area contributed by atoms with E-state index in [2.05, 4.69) is 21.2 Å². The normalized spacial score (nSPS) is 14.1. The number of methoxy groups -OCH3 is 1.